The van der Waals surface area contributed by atoms with E-state index in [1.54, 1.807) is 6.07 Å². The molecule has 1 aromatic heterocycles. The normalized spacial score (nSPS) is 23.5. The van der Waals surface area contributed by atoms with Gasteiger partial charge in [-0.3, -0.25) is 4.90 Å². The van der Waals surface area contributed by atoms with Crippen LogP contribution in [0.5, 0.6) is 0 Å². The van der Waals surface area contributed by atoms with Gasteiger partial charge >= 0.3 is 5.97 Å². The zero-order valence-corrected chi connectivity index (χ0v) is 13.0. The predicted molar refractivity (Wildman–Crippen MR) is 86.3 cm³/mol. The number of carboxylic acids is 1. The lowest BCUT2D eigenvalue weighted by Crippen LogP contribution is -2.43. The van der Waals surface area contributed by atoms with Crippen LogP contribution < -0.4 is 5.32 Å². The van der Waals surface area contributed by atoms with Crippen LogP contribution in [0.15, 0.2) is 18.2 Å². The molecule has 1 saturated carbocycles. The van der Waals surface area contributed by atoms with E-state index in [0.29, 0.717) is 11.9 Å². The summed E-state index contributed by atoms with van der Waals surface area (Å²) in [6.07, 6.45) is 9.28. The van der Waals surface area contributed by atoms with Crippen LogP contribution in [-0.2, 0) is 0 Å². The highest BCUT2D eigenvalue weighted by atomic mass is 16.4. The van der Waals surface area contributed by atoms with Crippen molar-refractivity contribution in [1.82, 2.24) is 9.88 Å². The Balaban J connectivity index is 1.58. The minimum absolute atomic E-state index is 0.0977. The molecule has 1 unspecified atom stereocenters. The largest absolute Gasteiger partial charge is 0.477 e. The summed E-state index contributed by atoms with van der Waals surface area (Å²) in [5.74, 6) is -0.316. The van der Waals surface area contributed by atoms with E-state index in [-0.39, 0.29) is 5.69 Å². The van der Waals surface area contributed by atoms with E-state index in [9.17, 15) is 4.79 Å². The molecule has 120 valence electrons. The van der Waals surface area contributed by atoms with Crippen LogP contribution in [0.1, 0.15) is 55.4 Å². The Kier molecular flexibility index (Phi) is 4.93. The molecule has 1 atom stereocenters. The maximum Gasteiger partial charge on any atom is 0.354 e. The van der Waals surface area contributed by atoms with Crippen LogP contribution in [0.25, 0.3) is 0 Å². The minimum atomic E-state index is -0.978. The lowest BCUT2D eigenvalue weighted by Gasteiger charge is -2.35. The first-order valence-electron chi connectivity index (χ1n) is 8.44. The van der Waals surface area contributed by atoms with Crippen molar-refractivity contribution in [2.75, 3.05) is 18.4 Å². The molecule has 1 saturated heterocycles. The SMILES string of the molecule is O=C(O)c1cccc(NCC2CCCN2C2CCCCC2)n1. The van der Waals surface area contributed by atoms with Gasteiger partial charge in [-0.05, 0) is 44.4 Å². The molecule has 0 spiro atoms. The first kappa shape index (κ1) is 15.3. The number of nitrogens with zero attached hydrogens (tertiary/aromatic N) is 2. The molecule has 1 aliphatic heterocycles. The number of pyridine rings is 1. The Morgan fingerprint density at radius 2 is 2.05 bits per heavy atom. The number of aromatic carboxylic acids is 1. The van der Waals surface area contributed by atoms with E-state index < -0.39 is 5.97 Å². The molecule has 0 radical (unpaired) electrons. The molecule has 5 nitrogen and oxygen atoms in total. The average molecular weight is 303 g/mol. The van der Waals surface area contributed by atoms with Crippen molar-refractivity contribution in [3.8, 4) is 0 Å². The molecule has 5 heteroatoms. The van der Waals surface area contributed by atoms with Gasteiger partial charge in [0.15, 0.2) is 5.69 Å². The van der Waals surface area contributed by atoms with Crippen LogP contribution in [0.4, 0.5) is 5.82 Å². The van der Waals surface area contributed by atoms with E-state index in [1.165, 1.54) is 57.6 Å². The van der Waals surface area contributed by atoms with Gasteiger partial charge < -0.3 is 10.4 Å². The monoisotopic (exact) mass is 303 g/mol. The number of carbonyl (C=O) groups is 1. The number of carboxylic acid groups (broad SMARTS) is 1. The van der Waals surface area contributed by atoms with Gasteiger partial charge in [-0.1, -0.05) is 25.3 Å². The summed E-state index contributed by atoms with van der Waals surface area (Å²) in [4.78, 5) is 17.8. The smallest absolute Gasteiger partial charge is 0.354 e. The van der Waals surface area contributed by atoms with Crippen molar-refractivity contribution in [2.24, 2.45) is 0 Å². The van der Waals surface area contributed by atoms with Crippen molar-refractivity contribution >= 4 is 11.8 Å². The van der Waals surface area contributed by atoms with Crippen molar-refractivity contribution in [1.29, 1.82) is 0 Å². The van der Waals surface area contributed by atoms with Crippen molar-refractivity contribution < 1.29 is 9.90 Å². The molecule has 1 aliphatic carbocycles. The first-order valence-corrected chi connectivity index (χ1v) is 8.44. The minimum Gasteiger partial charge on any atom is -0.477 e. The molecule has 0 aromatic carbocycles. The molecule has 0 amide bonds. The number of nitrogens with one attached hydrogen (secondary N) is 1. The number of anilines is 1. The lowest BCUT2D eigenvalue weighted by atomic mass is 9.94. The van der Waals surface area contributed by atoms with Gasteiger partial charge in [-0.25, -0.2) is 9.78 Å². The standard InChI is InChI=1S/C17H25N3O2/c21-17(22)15-9-4-10-16(19-15)18-12-14-8-5-11-20(14)13-6-2-1-3-7-13/h4,9-10,13-14H,1-3,5-8,11-12H2,(H,18,19)(H,21,22). The average Bonchev–Trinajstić information content (AvgIpc) is 3.02. The van der Waals surface area contributed by atoms with E-state index in [2.05, 4.69) is 15.2 Å². The van der Waals surface area contributed by atoms with E-state index in [4.69, 9.17) is 5.11 Å². The van der Waals surface area contributed by atoms with Crippen LogP contribution in [0, 0.1) is 0 Å². The second-order valence-corrected chi connectivity index (χ2v) is 6.42. The fourth-order valence-electron chi connectivity index (χ4n) is 3.85. The number of likely N-dealkylation sites (tertiary alicyclic amines) is 1. The summed E-state index contributed by atoms with van der Waals surface area (Å²) in [6, 6.07) is 6.41. The van der Waals surface area contributed by atoms with Gasteiger partial charge in [0.25, 0.3) is 0 Å². The Morgan fingerprint density at radius 1 is 1.23 bits per heavy atom. The Labute approximate surface area is 131 Å². The van der Waals surface area contributed by atoms with Gasteiger partial charge in [0.2, 0.25) is 0 Å². The molecule has 1 aromatic rings. The lowest BCUT2D eigenvalue weighted by molar-refractivity contribution is 0.0690. The summed E-state index contributed by atoms with van der Waals surface area (Å²) in [6.45, 7) is 2.06. The number of hydrogen-bond donors (Lipinski definition) is 2. The Hall–Kier alpha value is -1.62. The Bertz CT molecular complexity index is 514. The molecule has 22 heavy (non-hydrogen) atoms. The van der Waals surface area contributed by atoms with Gasteiger partial charge in [0.05, 0.1) is 0 Å². The predicted octanol–water partition coefficient (Wildman–Crippen LogP) is 2.99. The fraction of sp³-hybridized carbons (Fsp3) is 0.647. The number of hydrogen-bond acceptors (Lipinski definition) is 4. The summed E-state index contributed by atoms with van der Waals surface area (Å²) in [5.41, 5.74) is 0.0977. The van der Waals surface area contributed by atoms with Crippen LogP contribution >= 0.6 is 0 Å². The van der Waals surface area contributed by atoms with E-state index in [1.807, 2.05) is 6.07 Å². The van der Waals surface area contributed by atoms with Crippen molar-refractivity contribution in [3.63, 3.8) is 0 Å². The molecule has 2 aliphatic rings. The maximum atomic E-state index is 11.0. The summed E-state index contributed by atoms with van der Waals surface area (Å²) < 4.78 is 0. The summed E-state index contributed by atoms with van der Waals surface area (Å²) >= 11 is 0. The maximum absolute atomic E-state index is 11.0. The van der Waals surface area contributed by atoms with Crippen LogP contribution in [0.2, 0.25) is 0 Å². The number of aromatic nitrogens is 1. The quantitative estimate of drug-likeness (QED) is 0.875. The molecule has 2 heterocycles. The van der Waals surface area contributed by atoms with Gasteiger partial charge in [-0.15, -0.1) is 0 Å². The molecule has 2 fully saturated rings. The fourth-order valence-corrected chi connectivity index (χ4v) is 3.85. The summed E-state index contributed by atoms with van der Waals surface area (Å²) in [7, 11) is 0. The van der Waals surface area contributed by atoms with Crippen molar-refractivity contribution in [3.05, 3.63) is 23.9 Å². The van der Waals surface area contributed by atoms with Gasteiger partial charge in [-0.2, -0.15) is 0 Å². The molecular formula is C17H25N3O2. The van der Waals surface area contributed by atoms with E-state index in [0.717, 1.165) is 12.6 Å². The highest BCUT2D eigenvalue weighted by Crippen LogP contribution is 2.29. The van der Waals surface area contributed by atoms with Crippen LogP contribution in [0.3, 0.4) is 0 Å². The Morgan fingerprint density at radius 3 is 2.82 bits per heavy atom. The molecule has 3 rings (SSSR count). The third-order valence-corrected chi connectivity index (χ3v) is 4.95. The second-order valence-electron chi connectivity index (χ2n) is 6.42. The highest BCUT2D eigenvalue weighted by molar-refractivity contribution is 5.85. The molecular weight excluding hydrogens is 278 g/mol. The third-order valence-electron chi connectivity index (χ3n) is 4.95. The zero-order chi connectivity index (χ0) is 15.4. The van der Waals surface area contributed by atoms with Gasteiger partial charge in [0.1, 0.15) is 5.82 Å². The second kappa shape index (κ2) is 7.09. The van der Waals surface area contributed by atoms with Crippen molar-refractivity contribution in [2.45, 2.75) is 57.0 Å². The van der Waals surface area contributed by atoms with E-state index >= 15 is 0 Å². The summed E-state index contributed by atoms with van der Waals surface area (Å²) in [5, 5.41) is 12.3. The first-order chi connectivity index (χ1) is 10.7. The highest BCUT2D eigenvalue weighted by Gasteiger charge is 2.31. The third kappa shape index (κ3) is 3.58. The molecule has 2 N–H and O–H groups in total. The molecule has 0 bridgehead atoms. The zero-order valence-electron chi connectivity index (χ0n) is 13.0. The van der Waals surface area contributed by atoms with Gasteiger partial charge in [0, 0.05) is 18.6 Å². The van der Waals surface area contributed by atoms with Crippen LogP contribution in [-0.4, -0.2) is 46.1 Å². The number of rotatable bonds is 5. The topological polar surface area (TPSA) is 65.5 Å².